The molecule has 4 rings (SSSR count). The molecule has 0 atom stereocenters. The van der Waals surface area contributed by atoms with Crippen LogP contribution in [0.3, 0.4) is 0 Å². The molecule has 1 aromatic carbocycles. The van der Waals surface area contributed by atoms with E-state index in [-0.39, 0.29) is 28.8 Å². The molecule has 0 N–H and O–H groups in total. The number of rotatable bonds is 3. The van der Waals surface area contributed by atoms with Gasteiger partial charge >= 0.3 is 5.69 Å². The standard InChI is InChI=1S/C17H13ClFN5O2S/c1-22-13-12(15(25)23(2)17(22)26)24(16(18)21-13)7-9-8-27-14(20-9)10-5-3-4-6-11(10)19/h3-6,8H,7H2,1-2H3. The van der Waals surface area contributed by atoms with Crippen molar-refractivity contribution in [2.75, 3.05) is 0 Å². The minimum Gasteiger partial charge on any atom is -0.303 e. The van der Waals surface area contributed by atoms with Crippen LogP contribution in [0.1, 0.15) is 5.69 Å². The van der Waals surface area contributed by atoms with Gasteiger partial charge in [-0.3, -0.25) is 13.9 Å². The minimum absolute atomic E-state index is 0.0729. The van der Waals surface area contributed by atoms with Crippen molar-refractivity contribution in [3.05, 3.63) is 67.3 Å². The van der Waals surface area contributed by atoms with Crippen molar-refractivity contribution < 1.29 is 4.39 Å². The van der Waals surface area contributed by atoms with Crippen molar-refractivity contribution in [1.82, 2.24) is 23.7 Å². The van der Waals surface area contributed by atoms with Gasteiger partial charge in [-0.05, 0) is 23.7 Å². The monoisotopic (exact) mass is 405 g/mol. The Bertz CT molecular complexity index is 1300. The Balaban J connectivity index is 1.82. The van der Waals surface area contributed by atoms with Crippen LogP contribution in [0.2, 0.25) is 5.28 Å². The smallest absolute Gasteiger partial charge is 0.303 e. The van der Waals surface area contributed by atoms with Gasteiger partial charge in [0.2, 0.25) is 5.28 Å². The molecule has 10 heteroatoms. The molecule has 0 fully saturated rings. The fourth-order valence-electron chi connectivity index (χ4n) is 2.86. The lowest BCUT2D eigenvalue weighted by atomic mass is 10.2. The summed E-state index contributed by atoms with van der Waals surface area (Å²) in [7, 11) is 2.92. The van der Waals surface area contributed by atoms with Crippen molar-refractivity contribution >= 4 is 34.1 Å². The highest BCUT2D eigenvalue weighted by Gasteiger charge is 2.19. The highest BCUT2D eigenvalue weighted by molar-refractivity contribution is 7.13. The average Bonchev–Trinajstić information content (AvgIpc) is 3.24. The number of nitrogens with zero attached hydrogens (tertiary/aromatic N) is 5. The molecule has 0 aliphatic rings. The van der Waals surface area contributed by atoms with Crippen LogP contribution >= 0.6 is 22.9 Å². The molecule has 0 aliphatic carbocycles. The molecule has 0 amide bonds. The molecule has 0 bridgehead atoms. The number of hydrogen-bond donors (Lipinski definition) is 0. The van der Waals surface area contributed by atoms with Gasteiger partial charge in [-0.15, -0.1) is 11.3 Å². The number of benzene rings is 1. The maximum absolute atomic E-state index is 14.0. The van der Waals surface area contributed by atoms with Crippen molar-refractivity contribution in [2.45, 2.75) is 6.54 Å². The fourth-order valence-corrected chi connectivity index (χ4v) is 3.93. The molecule has 0 saturated heterocycles. The van der Waals surface area contributed by atoms with Crippen LogP contribution in [0.15, 0.2) is 39.2 Å². The Hall–Kier alpha value is -2.78. The van der Waals surface area contributed by atoms with Crippen LogP contribution in [0.5, 0.6) is 0 Å². The van der Waals surface area contributed by atoms with E-state index in [0.29, 0.717) is 16.3 Å². The zero-order chi connectivity index (χ0) is 19.3. The van der Waals surface area contributed by atoms with Gasteiger partial charge in [0.25, 0.3) is 5.56 Å². The number of imidazole rings is 1. The molecule has 3 aromatic heterocycles. The molecule has 0 radical (unpaired) electrons. The van der Waals surface area contributed by atoms with Gasteiger partial charge in [0.15, 0.2) is 11.2 Å². The minimum atomic E-state index is -0.489. The van der Waals surface area contributed by atoms with Crippen LogP contribution in [0, 0.1) is 5.82 Å². The third-order valence-electron chi connectivity index (χ3n) is 4.28. The lowest BCUT2D eigenvalue weighted by Gasteiger charge is -2.06. The molecular weight excluding hydrogens is 393 g/mol. The van der Waals surface area contributed by atoms with Crippen LogP contribution < -0.4 is 11.2 Å². The van der Waals surface area contributed by atoms with Crippen LogP contribution in [0.4, 0.5) is 4.39 Å². The fraction of sp³-hybridized carbons (Fsp3) is 0.176. The second-order valence-corrected chi connectivity index (χ2v) is 7.16. The quantitative estimate of drug-likeness (QED) is 0.490. The molecule has 138 valence electrons. The first-order valence-corrected chi connectivity index (χ1v) is 9.15. The molecule has 0 aliphatic heterocycles. The van der Waals surface area contributed by atoms with Gasteiger partial charge in [0.1, 0.15) is 10.8 Å². The molecule has 4 aromatic rings. The Labute approximate surface area is 160 Å². The lowest BCUT2D eigenvalue weighted by Crippen LogP contribution is -2.37. The molecule has 7 nitrogen and oxygen atoms in total. The molecule has 3 heterocycles. The van der Waals surface area contributed by atoms with Crippen LogP contribution in [0.25, 0.3) is 21.7 Å². The number of thiazole rings is 1. The number of hydrogen-bond acceptors (Lipinski definition) is 5. The van der Waals surface area contributed by atoms with Gasteiger partial charge in [0, 0.05) is 25.0 Å². The SMILES string of the molecule is Cn1c(=O)c2c(nc(Cl)n2Cc2csc(-c3ccccc3F)n2)n(C)c1=O. The third-order valence-corrected chi connectivity index (χ3v) is 5.49. The van der Waals surface area contributed by atoms with Crippen molar-refractivity contribution in [3.63, 3.8) is 0 Å². The van der Waals surface area contributed by atoms with E-state index >= 15 is 0 Å². The van der Waals surface area contributed by atoms with Crippen LogP contribution in [-0.2, 0) is 20.6 Å². The van der Waals surface area contributed by atoms with E-state index in [9.17, 15) is 14.0 Å². The highest BCUT2D eigenvalue weighted by Crippen LogP contribution is 2.27. The Morgan fingerprint density at radius 3 is 2.63 bits per heavy atom. The number of halogens is 2. The first kappa shape index (κ1) is 17.6. The van der Waals surface area contributed by atoms with E-state index in [1.54, 1.807) is 23.6 Å². The third kappa shape index (κ3) is 2.79. The number of aryl methyl sites for hydroxylation is 1. The zero-order valence-corrected chi connectivity index (χ0v) is 15.9. The van der Waals surface area contributed by atoms with E-state index in [1.807, 2.05) is 0 Å². The summed E-state index contributed by atoms with van der Waals surface area (Å²) in [6.45, 7) is 0.174. The maximum Gasteiger partial charge on any atom is 0.332 e. The first-order chi connectivity index (χ1) is 12.9. The molecule has 27 heavy (non-hydrogen) atoms. The summed E-state index contributed by atoms with van der Waals surface area (Å²) in [6.07, 6.45) is 0. The van der Waals surface area contributed by atoms with Gasteiger partial charge in [-0.2, -0.15) is 4.98 Å². The highest BCUT2D eigenvalue weighted by atomic mass is 35.5. The molecular formula is C17H13ClFN5O2S. The van der Waals surface area contributed by atoms with Gasteiger partial charge in [-0.1, -0.05) is 12.1 Å². The van der Waals surface area contributed by atoms with E-state index < -0.39 is 11.2 Å². The second-order valence-electron chi connectivity index (χ2n) is 5.97. The Morgan fingerprint density at radius 1 is 1.15 bits per heavy atom. The topological polar surface area (TPSA) is 74.7 Å². The normalized spacial score (nSPS) is 11.4. The largest absolute Gasteiger partial charge is 0.332 e. The van der Waals surface area contributed by atoms with Crippen molar-refractivity contribution in [1.29, 1.82) is 0 Å². The van der Waals surface area contributed by atoms with E-state index in [2.05, 4.69) is 9.97 Å². The van der Waals surface area contributed by atoms with E-state index in [0.717, 1.165) is 4.57 Å². The summed E-state index contributed by atoms with van der Waals surface area (Å²) in [4.78, 5) is 33.2. The summed E-state index contributed by atoms with van der Waals surface area (Å²) in [5.74, 6) is -0.353. The zero-order valence-electron chi connectivity index (χ0n) is 14.3. The van der Waals surface area contributed by atoms with Gasteiger partial charge in [-0.25, -0.2) is 14.2 Å². The maximum atomic E-state index is 14.0. The number of fused-ring (bicyclic) bond motifs is 1. The molecule has 0 saturated carbocycles. The summed E-state index contributed by atoms with van der Waals surface area (Å²) in [5, 5.41) is 2.38. The Morgan fingerprint density at radius 2 is 1.89 bits per heavy atom. The Kier molecular flexibility index (Phi) is 4.20. The first-order valence-electron chi connectivity index (χ1n) is 7.89. The van der Waals surface area contributed by atoms with Gasteiger partial charge in [0.05, 0.1) is 12.2 Å². The molecule has 0 unspecified atom stereocenters. The van der Waals surface area contributed by atoms with Crippen molar-refractivity contribution in [2.24, 2.45) is 14.1 Å². The predicted molar refractivity (Wildman–Crippen MR) is 102 cm³/mol. The summed E-state index contributed by atoms with van der Waals surface area (Å²) < 4.78 is 17.7. The average molecular weight is 406 g/mol. The van der Waals surface area contributed by atoms with Crippen molar-refractivity contribution in [3.8, 4) is 10.6 Å². The van der Waals surface area contributed by atoms with E-state index in [4.69, 9.17) is 11.6 Å². The van der Waals surface area contributed by atoms with Gasteiger partial charge < -0.3 is 4.57 Å². The summed E-state index contributed by atoms with van der Waals surface area (Å²) >= 11 is 7.52. The predicted octanol–water partition coefficient (Wildman–Crippen LogP) is 2.40. The summed E-state index contributed by atoms with van der Waals surface area (Å²) in [6, 6.07) is 6.39. The molecule has 0 spiro atoms. The summed E-state index contributed by atoms with van der Waals surface area (Å²) in [5.41, 5.74) is 0.466. The second kappa shape index (κ2) is 6.43. The lowest BCUT2D eigenvalue weighted by molar-refractivity contribution is 0.631. The van der Waals surface area contributed by atoms with Crippen LogP contribution in [-0.4, -0.2) is 23.7 Å². The number of aromatic nitrogens is 5. The van der Waals surface area contributed by atoms with E-state index in [1.165, 1.54) is 40.6 Å².